The van der Waals surface area contributed by atoms with Crippen LogP contribution in [0.25, 0.3) is 10.2 Å². The summed E-state index contributed by atoms with van der Waals surface area (Å²) in [5.74, 6) is 1.30. The fourth-order valence-electron chi connectivity index (χ4n) is 5.00. The molecule has 5 heterocycles. The Morgan fingerprint density at radius 2 is 1.83 bits per heavy atom. The van der Waals surface area contributed by atoms with E-state index in [0.717, 1.165) is 65.7 Å². The molecule has 3 aromatic rings. The van der Waals surface area contributed by atoms with Gasteiger partial charge in [0.05, 0.1) is 18.5 Å². The summed E-state index contributed by atoms with van der Waals surface area (Å²) >= 11 is 1.65. The number of aryl methyl sites for hydroxylation is 1. The number of rotatable bonds is 4. The van der Waals surface area contributed by atoms with Crippen LogP contribution in [-0.4, -0.2) is 75.5 Å². The highest BCUT2D eigenvalue weighted by atomic mass is 32.1. The maximum absolute atomic E-state index is 12.9. The number of hydrogen-bond acceptors (Lipinski definition) is 8. The number of carbonyl (C=O) groups is 3. The average molecular weight is 492 g/mol. The van der Waals surface area contributed by atoms with E-state index in [2.05, 4.69) is 37.6 Å². The van der Waals surface area contributed by atoms with Gasteiger partial charge in [-0.1, -0.05) is 12.1 Å². The second kappa shape index (κ2) is 8.58. The van der Waals surface area contributed by atoms with Crippen molar-refractivity contribution in [2.45, 2.75) is 26.4 Å². The van der Waals surface area contributed by atoms with E-state index in [4.69, 9.17) is 4.98 Å². The van der Waals surface area contributed by atoms with E-state index < -0.39 is 6.03 Å². The Hall–Kier alpha value is -3.57. The Balaban J connectivity index is 1.11. The lowest BCUT2D eigenvalue weighted by Gasteiger charge is -2.35. The third-order valence-corrected chi connectivity index (χ3v) is 7.58. The largest absolute Gasteiger partial charge is 0.353 e. The number of hydrazine groups is 1. The second-order valence-corrected chi connectivity index (χ2v) is 9.97. The molecule has 0 unspecified atom stereocenters. The SMILES string of the molecule is Cc1nc(N2CCN(Cc3ccc4c(c3)CN(N3CCC(=O)NC3=O)C4=O)CC2)c2ccsc2n1. The molecule has 1 aromatic carbocycles. The number of fused-ring (bicyclic) bond motifs is 2. The Kier molecular flexibility index (Phi) is 5.37. The third-order valence-electron chi connectivity index (χ3n) is 6.77. The smallest absolute Gasteiger partial charge is 0.342 e. The highest BCUT2D eigenvalue weighted by Gasteiger charge is 2.37. The molecule has 3 aliphatic rings. The lowest BCUT2D eigenvalue weighted by molar-refractivity contribution is -0.123. The van der Waals surface area contributed by atoms with Crippen molar-refractivity contribution in [3.05, 3.63) is 52.2 Å². The third kappa shape index (κ3) is 4.00. The monoisotopic (exact) mass is 491 g/mol. The maximum Gasteiger partial charge on any atom is 0.342 e. The Bertz CT molecular complexity index is 1350. The minimum Gasteiger partial charge on any atom is -0.353 e. The molecule has 2 aromatic heterocycles. The van der Waals surface area contributed by atoms with Gasteiger partial charge in [0, 0.05) is 44.7 Å². The number of amides is 4. The van der Waals surface area contributed by atoms with Gasteiger partial charge >= 0.3 is 6.03 Å². The van der Waals surface area contributed by atoms with Crippen LogP contribution in [0.5, 0.6) is 0 Å². The number of nitrogens with one attached hydrogen (secondary N) is 1. The first-order valence-electron chi connectivity index (χ1n) is 11.7. The molecular formula is C24H25N7O3S. The van der Waals surface area contributed by atoms with E-state index in [9.17, 15) is 14.4 Å². The van der Waals surface area contributed by atoms with Gasteiger partial charge in [0.1, 0.15) is 16.5 Å². The number of hydrogen-bond donors (Lipinski definition) is 1. The topological polar surface area (TPSA) is 102 Å². The van der Waals surface area contributed by atoms with Gasteiger partial charge in [-0.2, -0.15) is 0 Å². The summed E-state index contributed by atoms with van der Waals surface area (Å²) in [7, 11) is 0. The van der Waals surface area contributed by atoms with Crippen molar-refractivity contribution in [3.63, 3.8) is 0 Å². The van der Waals surface area contributed by atoms with Crippen LogP contribution < -0.4 is 10.2 Å². The van der Waals surface area contributed by atoms with Gasteiger partial charge in [-0.25, -0.2) is 24.8 Å². The van der Waals surface area contributed by atoms with Crippen LogP contribution in [0.3, 0.4) is 0 Å². The average Bonchev–Trinajstić information content (AvgIpc) is 3.43. The fraction of sp³-hybridized carbons (Fsp3) is 0.375. The summed E-state index contributed by atoms with van der Waals surface area (Å²) < 4.78 is 0. The van der Waals surface area contributed by atoms with Crippen LogP contribution in [0, 0.1) is 6.92 Å². The van der Waals surface area contributed by atoms with Gasteiger partial charge in [0.2, 0.25) is 5.91 Å². The Labute approximate surface area is 206 Å². The molecule has 0 atom stereocenters. The highest BCUT2D eigenvalue weighted by molar-refractivity contribution is 7.16. The van der Waals surface area contributed by atoms with E-state index >= 15 is 0 Å². The van der Waals surface area contributed by atoms with Gasteiger partial charge in [0.15, 0.2) is 0 Å². The fourth-order valence-corrected chi connectivity index (χ4v) is 5.80. The summed E-state index contributed by atoms with van der Waals surface area (Å²) in [4.78, 5) is 51.6. The van der Waals surface area contributed by atoms with Gasteiger partial charge in [0.25, 0.3) is 5.91 Å². The molecule has 0 bridgehead atoms. The minimum atomic E-state index is -0.542. The molecule has 1 N–H and O–H groups in total. The van der Waals surface area contributed by atoms with Crippen LogP contribution in [0.1, 0.15) is 33.7 Å². The van der Waals surface area contributed by atoms with Crippen molar-refractivity contribution in [2.24, 2.45) is 0 Å². The van der Waals surface area contributed by atoms with E-state index in [1.807, 2.05) is 19.1 Å². The molecule has 6 rings (SSSR count). The van der Waals surface area contributed by atoms with Crippen molar-refractivity contribution in [1.82, 2.24) is 30.2 Å². The molecule has 3 aliphatic heterocycles. The van der Waals surface area contributed by atoms with Crippen molar-refractivity contribution >= 4 is 45.2 Å². The molecule has 2 fully saturated rings. The predicted octanol–water partition coefficient (Wildman–Crippen LogP) is 2.13. The van der Waals surface area contributed by atoms with E-state index in [1.165, 1.54) is 10.0 Å². The molecule has 0 saturated carbocycles. The molecule has 10 nitrogen and oxygen atoms in total. The molecule has 35 heavy (non-hydrogen) atoms. The van der Waals surface area contributed by atoms with Crippen molar-refractivity contribution in [2.75, 3.05) is 37.6 Å². The zero-order valence-electron chi connectivity index (χ0n) is 19.4. The molecule has 0 radical (unpaired) electrons. The van der Waals surface area contributed by atoms with Gasteiger partial charge in [-0.05, 0) is 35.6 Å². The quantitative estimate of drug-likeness (QED) is 0.597. The maximum atomic E-state index is 12.9. The van der Waals surface area contributed by atoms with Gasteiger partial charge in [-0.15, -0.1) is 11.3 Å². The normalized spacial score (nSPS) is 19.0. The number of carbonyl (C=O) groups excluding carboxylic acids is 3. The summed E-state index contributed by atoms with van der Waals surface area (Å²) in [5, 5.41) is 8.24. The predicted molar refractivity (Wildman–Crippen MR) is 131 cm³/mol. The minimum absolute atomic E-state index is 0.190. The molecule has 2 saturated heterocycles. The molecule has 0 aliphatic carbocycles. The van der Waals surface area contributed by atoms with Crippen LogP contribution in [-0.2, 0) is 17.9 Å². The second-order valence-electron chi connectivity index (χ2n) is 9.08. The Morgan fingerprint density at radius 3 is 2.63 bits per heavy atom. The lowest BCUT2D eigenvalue weighted by Crippen LogP contribution is -2.56. The van der Waals surface area contributed by atoms with Gasteiger partial charge in [-0.3, -0.25) is 19.8 Å². The molecular weight excluding hydrogens is 466 g/mol. The Morgan fingerprint density at radius 1 is 1.00 bits per heavy atom. The number of urea groups is 1. The number of imide groups is 1. The zero-order chi connectivity index (χ0) is 24.1. The molecule has 180 valence electrons. The molecule has 11 heteroatoms. The number of piperazine rings is 1. The van der Waals surface area contributed by atoms with Crippen LogP contribution in [0.4, 0.5) is 10.6 Å². The van der Waals surface area contributed by atoms with E-state index in [0.29, 0.717) is 12.1 Å². The lowest BCUT2D eigenvalue weighted by atomic mass is 10.1. The van der Waals surface area contributed by atoms with Crippen molar-refractivity contribution in [3.8, 4) is 0 Å². The summed E-state index contributed by atoms with van der Waals surface area (Å²) in [5.41, 5.74) is 2.66. The first kappa shape index (κ1) is 21.9. The highest BCUT2D eigenvalue weighted by Crippen LogP contribution is 2.29. The summed E-state index contributed by atoms with van der Waals surface area (Å²) in [6, 6.07) is 7.47. The zero-order valence-corrected chi connectivity index (χ0v) is 20.2. The standard InChI is InChI=1S/C24H25N7O3S/c1-15-25-21(19-5-11-35-22(19)26-15)29-9-7-28(8-10-29)13-16-2-3-18-17(12-16)14-31(23(18)33)30-6-4-20(32)27-24(30)34/h2-3,5,11-12H,4,6-10,13-14H2,1H3,(H,27,32,34). The first-order chi connectivity index (χ1) is 17.0. The van der Waals surface area contributed by atoms with E-state index in [-0.39, 0.29) is 24.8 Å². The summed E-state index contributed by atoms with van der Waals surface area (Å²) in [6.45, 7) is 6.90. The number of anilines is 1. The number of thiophene rings is 1. The number of benzene rings is 1. The van der Waals surface area contributed by atoms with Crippen molar-refractivity contribution in [1.29, 1.82) is 0 Å². The van der Waals surface area contributed by atoms with Crippen LogP contribution in [0.15, 0.2) is 29.6 Å². The molecule has 4 amide bonds. The van der Waals surface area contributed by atoms with Crippen molar-refractivity contribution < 1.29 is 14.4 Å². The van der Waals surface area contributed by atoms with Crippen LogP contribution in [0.2, 0.25) is 0 Å². The van der Waals surface area contributed by atoms with Gasteiger partial charge < -0.3 is 4.90 Å². The summed E-state index contributed by atoms with van der Waals surface area (Å²) in [6.07, 6.45) is 0.190. The first-order valence-corrected chi connectivity index (χ1v) is 12.6. The van der Waals surface area contributed by atoms with E-state index in [1.54, 1.807) is 11.3 Å². The van der Waals surface area contributed by atoms with Crippen LogP contribution >= 0.6 is 11.3 Å². The number of nitrogens with zero attached hydrogens (tertiary/aromatic N) is 6. The number of aromatic nitrogens is 2. The molecule has 0 spiro atoms.